The number of nitrogens with zero attached hydrogens (tertiary/aromatic N) is 3. The molecular weight excluding hydrogens is 298 g/mol. The van der Waals surface area contributed by atoms with E-state index in [1.807, 2.05) is 24.3 Å². The van der Waals surface area contributed by atoms with Crippen LogP contribution in [0.15, 0.2) is 36.9 Å². The highest BCUT2D eigenvalue weighted by Crippen LogP contribution is 2.24. The van der Waals surface area contributed by atoms with Crippen LogP contribution in [0.3, 0.4) is 0 Å². The van der Waals surface area contributed by atoms with Crippen molar-refractivity contribution in [2.24, 2.45) is 0 Å². The Kier molecular flexibility index (Phi) is 6.40. The monoisotopic (exact) mass is 321 g/mol. The van der Waals surface area contributed by atoms with Crippen LogP contribution >= 0.6 is 11.6 Å². The second-order valence-electron chi connectivity index (χ2n) is 5.90. The molecule has 1 atom stereocenters. The lowest BCUT2D eigenvalue weighted by Gasteiger charge is -2.28. The maximum absolute atomic E-state index is 11.0. The summed E-state index contributed by atoms with van der Waals surface area (Å²) in [5.41, 5.74) is 0.444. The van der Waals surface area contributed by atoms with Crippen molar-refractivity contribution in [3.05, 3.63) is 47.5 Å². The van der Waals surface area contributed by atoms with Gasteiger partial charge in [-0.1, -0.05) is 49.9 Å². The van der Waals surface area contributed by atoms with Gasteiger partial charge >= 0.3 is 0 Å². The summed E-state index contributed by atoms with van der Waals surface area (Å²) in [4.78, 5) is 3.96. The Morgan fingerprint density at radius 1 is 1.18 bits per heavy atom. The smallest absolute Gasteiger partial charge is 0.137 e. The zero-order chi connectivity index (χ0) is 15.8. The van der Waals surface area contributed by atoms with Crippen molar-refractivity contribution in [1.82, 2.24) is 14.8 Å². The molecule has 0 fully saturated rings. The van der Waals surface area contributed by atoms with Crippen molar-refractivity contribution in [3.63, 3.8) is 0 Å². The molecule has 4 nitrogen and oxygen atoms in total. The normalized spacial score (nSPS) is 14.0. The highest BCUT2D eigenvalue weighted by molar-refractivity contribution is 6.30. The number of hydrogen-bond acceptors (Lipinski definition) is 3. The average Bonchev–Trinajstić information content (AvgIpc) is 3.00. The quantitative estimate of drug-likeness (QED) is 0.713. The Bertz CT molecular complexity index is 542. The molecule has 22 heavy (non-hydrogen) atoms. The van der Waals surface area contributed by atoms with Gasteiger partial charge < -0.3 is 5.11 Å². The number of aliphatic hydroxyl groups is 1. The fourth-order valence-electron chi connectivity index (χ4n) is 2.63. The minimum atomic E-state index is -0.748. The minimum absolute atomic E-state index is 0.490. The third-order valence-electron chi connectivity index (χ3n) is 3.96. The number of aromatic nitrogens is 3. The first kappa shape index (κ1) is 17.0. The molecule has 1 aromatic carbocycles. The van der Waals surface area contributed by atoms with E-state index in [-0.39, 0.29) is 0 Å². The fourth-order valence-corrected chi connectivity index (χ4v) is 2.76. The van der Waals surface area contributed by atoms with Crippen molar-refractivity contribution in [3.8, 4) is 0 Å². The van der Waals surface area contributed by atoms with E-state index in [4.69, 9.17) is 11.6 Å². The van der Waals surface area contributed by atoms with Crippen LogP contribution in [0.4, 0.5) is 0 Å². The molecule has 0 saturated carbocycles. The molecule has 5 heteroatoms. The molecule has 0 aliphatic heterocycles. The van der Waals surface area contributed by atoms with Gasteiger partial charge in [0.05, 0.1) is 12.1 Å². The molecule has 0 amide bonds. The first-order valence-corrected chi connectivity index (χ1v) is 8.28. The van der Waals surface area contributed by atoms with Crippen LogP contribution in [-0.4, -0.2) is 25.5 Å². The third-order valence-corrected chi connectivity index (χ3v) is 4.21. The fraction of sp³-hybridized carbons (Fsp3) is 0.529. The van der Waals surface area contributed by atoms with Gasteiger partial charge in [0.1, 0.15) is 12.7 Å². The Morgan fingerprint density at radius 2 is 1.95 bits per heavy atom. The van der Waals surface area contributed by atoms with E-state index in [1.54, 1.807) is 11.0 Å². The lowest BCUT2D eigenvalue weighted by Crippen LogP contribution is -2.35. The van der Waals surface area contributed by atoms with Crippen molar-refractivity contribution in [2.75, 3.05) is 0 Å². The molecule has 0 bridgehead atoms. The Hall–Kier alpha value is -1.39. The SMILES string of the molecule is CCCCCC(O)(CCc1ccc(Cl)cc1)Cn1cncn1. The molecule has 0 aliphatic carbocycles. The third kappa shape index (κ3) is 5.43. The summed E-state index contributed by atoms with van der Waals surface area (Å²) in [7, 11) is 0. The van der Waals surface area contributed by atoms with Gasteiger partial charge in [-0.25, -0.2) is 4.98 Å². The molecular formula is C17H24ClN3O. The Labute approximate surface area is 137 Å². The zero-order valence-electron chi connectivity index (χ0n) is 13.1. The van der Waals surface area contributed by atoms with E-state index < -0.39 is 5.60 Å². The molecule has 0 aliphatic rings. The Morgan fingerprint density at radius 3 is 2.59 bits per heavy atom. The van der Waals surface area contributed by atoms with Crippen LogP contribution in [0.1, 0.15) is 44.6 Å². The summed E-state index contributed by atoms with van der Waals surface area (Å²) >= 11 is 5.91. The molecule has 1 heterocycles. The Balaban J connectivity index is 1.97. The number of unbranched alkanes of at least 4 members (excludes halogenated alkanes) is 2. The molecule has 2 aromatic rings. The topological polar surface area (TPSA) is 50.9 Å². The molecule has 0 spiro atoms. The summed E-state index contributed by atoms with van der Waals surface area (Å²) in [6, 6.07) is 7.82. The summed E-state index contributed by atoms with van der Waals surface area (Å²) < 4.78 is 1.72. The van der Waals surface area contributed by atoms with Gasteiger partial charge in [-0.3, -0.25) is 4.68 Å². The number of hydrogen-bond donors (Lipinski definition) is 1. The zero-order valence-corrected chi connectivity index (χ0v) is 13.8. The van der Waals surface area contributed by atoms with Gasteiger partial charge in [-0.2, -0.15) is 5.10 Å². The maximum Gasteiger partial charge on any atom is 0.137 e. The minimum Gasteiger partial charge on any atom is -0.388 e. The van der Waals surface area contributed by atoms with Crippen molar-refractivity contribution in [1.29, 1.82) is 0 Å². The second-order valence-corrected chi connectivity index (χ2v) is 6.34. The highest BCUT2D eigenvalue weighted by Gasteiger charge is 2.27. The standard InChI is InChI=1S/C17H24ClN3O/c1-2-3-4-10-17(22,12-21-14-19-13-20-21)11-9-15-5-7-16(18)8-6-15/h5-8,13-14,22H,2-4,9-12H2,1H3. The summed E-state index contributed by atoms with van der Waals surface area (Å²) in [6.45, 7) is 2.66. The van der Waals surface area contributed by atoms with E-state index in [0.717, 1.165) is 37.1 Å². The van der Waals surface area contributed by atoms with Gasteiger partial charge in [0.2, 0.25) is 0 Å². The van der Waals surface area contributed by atoms with Gasteiger partial charge in [0.25, 0.3) is 0 Å². The van der Waals surface area contributed by atoms with Crippen LogP contribution in [0.5, 0.6) is 0 Å². The molecule has 0 saturated heterocycles. The van der Waals surface area contributed by atoms with Crippen LogP contribution in [0.2, 0.25) is 5.02 Å². The first-order valence-electron chi connectivity index (χ1n) is 7.90. The van der Waals surface area contributed by atoms with Crippen LogP contribution in [0.25, 0.3) is 0 Å². The molecule has 0 radical (unpaired) electrons. The molecule has 1 N–H and O–H groups in total. The van der Waals surface area contributed by atoms with E-state index in [2.05, 4.69) is 17.0 Å². The van der Waals surface area contributed by atoms with Crippen molar-refractivity contribution >= 4 is 11.6 Å². The van der Waals surface area contributed by atoms with E-state index in [9.17, 15) is 5.11 Å². The van der Waals surface area contributed by atoms with E-state index in [0.29, 0.717) is 13.0 Å². The highest BCUT2D eigenvalue weighted by atomic mass is 35.5. The number of aryl methyl sites for hydroxylation is 1. The van der Waals surface area contributed by atoms with E-state index in [1.165, 1.54) is 11.9 Å². The lowest BCUT2D eigenvalue weighted by atomic mass is 9.89. The second kappa shape index (κ2) is 8.30. The number of halogens is 1. The predicted molar refractivity (Wildman–Crippen MR) is 88.9 cm³/mol. The van der Waals surface area contributed by atoms with Crippen LogP contribution < -0.4 is 0 Å². The summed E-state index contributed by atoms with van der Waals surface area (Å²) in [6.07, 6.45) is 8.80. The lowest BCUT2D eigenvalue weighted by molar-refractivity contribution is 0.000829. The van der Waals surface area contributed by atoms with Gasteiger partial charge in [-0.05, 0) is 37.0 Å². The van der Waals surface area contributed by atoms with Crippen molar-refractivity contribution < 1.29 is 5.11 Å². The summed E-state index contributed by atoms with van der Waals surface area (Å²) in [5, 5.41) is 15.9. The van der Waals surface area contributed by atoms with Crippen LogP contribution in [0, 0.1) is 0 Å². The first-order chi connectivity index (χ1) is 10.6. The largest absolute Gasteiger partial charge is 0.388 e. The van der Waals surface area contributed by atoms with Gasteiger partial charge in [0, 0.05) is 5.02 Å². The number of benzene rings is 1. The number of rotatable bonds is 9. The molecule has 120 valence electrons. The maximum atomic E-state index is 11.0. The predicted octanol–water partition coefficient (Wildman–Crippen LogP) is 3.88. The van der Waals surface area contributed by atoms with Gasteiger partial charge in [-0.15, -0.1) is 0 Å². The average molecular weight is 322 g/mol. The van der Waals surface area contributed by atoms with Crippen molar-refractivity contribution in [2.45, 2.75) is 57.6 Å². The molecule has 2 rings (SSSR count). The summed E-state index contributed by atoms with van der Waals surface area (Å²) in [5.74, 6) is 0. The van der Waals surface area contributed by atoms with Gasteiger partial charge in [0.15, 0.2) is 0 Å². The van der Waals surface area contributed by atoms with Crippen LogP contribution in [-0.2, 0) is 13.0 Å². The van der Waals surface area contributed by atoms with E-state index >= 15 is 0 Å². The molecule has 1 aromatic heterocycles. The molecule has 1 unspecified atom stereocenters.